The Bertz CT molecular complexity index is 948. The van der Waals surface area contributed by atoms with Gasteiger partial charge in [-0.15, -0.1) is 11.8 Å². The lowest BCUT2D eigenvalue weighted by atomic mass is 10.2. The molecule has 0 saturated carbocycles. The van der Waals surface area contributed by atoms with E-state index in [4.69, 9.17) is 0 Å². The largest absolute Gasteiger partial charge is 0.345 e. The molecule has 0 bridgehead atoms. The number of anilines is 2. The molecular formula is C19H15N3OS3. The van der Waals surface area contributed by atoms with Crippen molar-refractivity contribution in [2.24, 2.45) is 0 Å². The highest BCUT2D eigenvalue weighted by Crippen LogP contribution is 2.34. The quantitative estimate of drug-likeness (QED) is 0.422. The first-order valence-corrected chi connectivity index (χ1v) is 10.7. The number of nitrogens with zero attached hydrogens (tertiary/aromatic N) is 2. The van der Waals surface area contributed by atoms with Crippen molar-refractivity contribution in [2.75, 3.05) is 17.3 Å². The summed E-state index contributed by atoms with van der Waals surface area (Å²) < 4.78 is 4.35. The summed E-state index contributed by atoms with van der Waals surface area (Å²) >= 11 is 4.19. The van der Waals surface area contributed by atoms with Gasteiger partial charge in [0.25, 0.3) is 0 Å². The van der Waals surface area contributed by atoms with Gasteiger partial charge in [-0.2, -0.15) is 9.64 Å². The van der Waals surface area contributed by atoms with Gasteiger partial charge in [0, 0.05) is 16.1 Å². The normalized spacial score (nSPS) is 10.3. The van der Waals surface area contributed by atoms with Gasteiger partial charge in [0.05, 0.1) is 5.75 Å². The van der Waals surface area contributed by atoms with Crippen molar-refractivity contribution in [3.05, 3.63) is 65.7 Å². The molecule has 1 N–H and O–H groups in total. The van der Waals surface area contributed by atoms with E-state index in [0.29, 0.717) is 21.2 Å². The topological polar surface area (TPSA) is 65.8 Å². The van der Waals surface area contributed by atoms with Crippen molar-refractivity contribution in [2.45, 2.75) is 9.92 Å². The lowest BCUT2D eigenvalue weighted by molar-refractivity contribution is 0.102. The first-order valence-electron chi connectivity index (χ1n) is 7.73. The van der Waals surface area contributed by atoms with E-state index in [0.717, 1.165) is 10.6 Å². The van der Waals surface area contributed by atoms with E-state index < -0.39 is 0 Å². The Morgan fingerprint density at radius 3 is 2.77 bits per heavy atom. The van der Waals surface area contributed by atoms with Gasteiger partial charge in [0.1, 0.15) is 21.7 Å². The highest BCUT2D eigenvalue weighted by atomic mass is 32.2. The van der Waals surface area contributed by atoms with Crippen LogP contribution in [0.1, 0.15) is 15.9 Å². The zero-order valence-electron chi connectivity index (χ0n) is 13.9. The molecule has 0 fully saturated rings. The van der Waals surface area contributed by atoms with Crippen molar-refractivity contribution < 1.29 is 4.79 Å². The standard InChI is InChI=1S/C19H15N3OS3/c1-24-15-9-5-8-14(10-15)21-18-16(11-20)19(22-26-18)25-12-17(23)13-6-3-2-4-7-13/h2-10,21H,12H2,1H3. The molecule has 0 aliphatic rings. The second-order valence-corrected chi connectivity index (χ2v) is 7.86. The summed E-state index contributed by atoms with van der Waals surface area (Å²) in [5, 5.41) is 14.1. The number of nitriles is 1. The molecule has 1 aromatic heterocycles. The van der Waals surface area contributed by atoms with Crippen molar-refractivity contribution in [3.8, 4) is 6.07 Å². The lowest BCUT2D eigenvalue weighted by Gasteiger charge is -2.05. The van der Waals surface area contributed by atoms with Crippen LogP contribution in [0.4, 0.5) is 10.7 Å². The lowest BCUT2D eigenvalue weighted by Crippen LogP contribution is -2.02. The third kappa shape index (κ3) is 4.47. The first kappa shape index (κ1) is 18.5. The van der Waals surface area contributed by atoms with Gasteiger partial charge in [0.15, 0.2) is 5.78 Å². The SMILES string of the molecule is CSc1cccc(Nc2snc(SCC(=O)c3ccccc3)c2C#N)c1. The Hall–Kier alpha value is -2.27. The molecule has 0 aliphatic carbocycles. The Morgan fingerprint density at radius 2 is 2.04 bits per heavy atom. The molecule has 1 heterocycles. The van der Waals surface area contributed by atoms with Crippen LogP contribution in [0.2, 0.25) is 0 Å². The summed E-state index contributed by atoms with van der Waals surface area (Å²) in [7, 11) is 0. The van der Waals surface area contributed by atoms with E-state index in [9.17, 15) is 10.1 Å². The van der Waals surface area contributed by atoms with E-state index in [1.54, 1.807) is 23.9 Å². The molecule has 0 aliphatic heterocycles. The second-order valence-electron chi connectivity index (χ2n) is 5.24. The molecule has 0 atom stereocenters. The first-order chi connectivity index (χ1) is 12.7. The molecule has 3 aromatic rings. The van der Waals surface area contributed by atoms with E-state index in [1.807, 2.05) is 48.7 Å². The van der Waals surface area contributed by atoms with E-state index in [1.165, 1.54) is 23.3 Å². The van der Waals surface area contributed by atoms with E-state index in [2.05, 4.69) is 15.8 Å². The molecule has 0 radical (unpaired) electrons. The smallest absolute Gasteiger partial charge is 0.173 e. The molecule has 0 spiro atoms. The Balaban J connectivity index is 1.72. The zero-order valence-corrected chi connectivity index (χ0v) is 16.4. The number of Topliss-reactive ketones (excluding diaryl/α,β-unsaturated/α-hetero) is 1. The fraction of sp³-hybridized carbons (Fsp3) is 0.105. The number of carbonyl (C=O) groups excluding carboxylic acids is 1. The summed E-state index contributed by atoms with van der Waals surface area (Å²) in [5.41, 5.74) is 2.06. The van der Waals surface area contributed by atoms with Crippen LogP contribution in [0.25, 0.3) is 0 Å². The van der Waals surface area contributed by atoms with Crippen LogP contribution in [-0.4, -0.2) is 22.2 Å². The van der Waals surface area contributed by atoms with Crippen LogP contribution in [-0.2, 0) is 0 Å². The highest BCUT2D eigenvalue weighted by Gasteiger charge is 2.16. The number of carbonyl (C=O) groups is 1. The predicted molar refractivity (Wildman–Crippen MR) is 110 cm³/mol. The number of benzene rings is 2. The maximum Gasteiger partial charge on any atom is 0.173 e. The van der Waals surface area contributed by atoms with Gasteiger partial charge in [-0.3, -0.25) is 4.79 Å². The average Bonchev–Trinajstić information content (AvgIpc) is 3.08. The number of hydrogen-bond donors (Lipinski definition) is 1. The average molecular weight is 398 g/mol. The summed E-state index contributed by atoms with van der Waals surface area (Å²) in [6.45, 7) is 0. The Kier molecular flexibility index (Phi) is 6.34. The van der Waals surface area contributed by atoms with Gasteiger partial charge in [-0.1, -0.05) is 48.2 Å². The van der Waals surface area contributed by atoms with Crippen LogP contribution < -0.4 is 5.32 Å². The molecule has 26 heavy (non-hydrogen) atoms. The summed E-state index contributed by atoms with van der Waals surface area (Å²) in [5.74, 6) is 0.277. The van der Waals surface area contributed by atoms with Gasteiger partial charge >= 0.3 is 0 Å². The monoisotopic (exact) mass is 397 g/mol. The number of hydrogen-bond acceptors (Lipinski definition) is 7. The number of nitrogens with one attached hydrogen (secondary N) is 1. The van der Waals surface area contributed by atoms with Crippen LogP contribution >= 0.6 is 35.1 Å². The summed E-state index contributed by atoms with van der Waals surface area (Å²) in [6.07, 6.45) is 2.02. The molecule has 4 nitrogen and oxygen atoms in total. The Morgan fingerprint density at radius 1 is 1.23 bits per heavy atom. The van der Waals surface area contributed by atoms with E-state index in [-0.39, 0.29) is 11.5 Å². The number of ketones is 1. The molecule has 3 rings (SSSR count). The van der Waals surface area contributed by atoms with Crippen LogP contribution in [0.15, 0.2) is 64.5 Å². The van der Waals surface area contributed by atoms with Gasteiger partial charge in [-0.05, 0) is 36.0 Å². The molecular weight excluding hydrogens is 382 g/mol. The molecule has 2 aromatic carbocycles. The van der Waals surface area contributed by atoms with Crippen LogP contribution in [0.3, 0.4) is 0 Å². The van der Waals surface area contributed by atoms with E-state index >= 15 is 0 Å². The number of rotatable bonds is 7. The fourth-order valence-electron chi connectivity index (χ4n) is 2.23. The summed E-state index contributed by atoms with van der Waals surface area (Å²) in [4.78, 5) is 13.4. The minimum absolute atomic E-state index is 0.0228. The van der Waals surface area contributed by atoms with Crippen molar-refractivity contribution in [1.82, 2.24) is 4.37 Å². The third-order valence-corrected chi connectivity index (χ3v) is 6.11. The van der Waals surface area contributed by atoms with Crippen molar-refractivity contribution in [1.29, 1.82) is 5.26 Å². The number of aromatic nitrogens is 1. The van der Waals surface area contributed by atoms with Gasteiger partial charge in [0.2, 0.25) is 0 Å². The minimum Gasteiger partial charge on any atom is -0.345 e. The van der Waals surface area contributed by atoms with Gasteiger partial charge in [-0.25, -0.2) is 0 Å². The van der Waals surface area contributed by atoms with Crippen LogP contribution in [0.5, 0.6) is 0 Å². The molecule has 0 saturated heterocycles. The molecule has 0 amide bonds. The van der Waals surface area contributed by atoms with Crippen molar-refractivity contribution in [3.63, 3.8) is 0 Å². The van der Waals surface area contributed by atoms with Gasteiger partial charge < -0.3 is 5.32 Å². The maximum atomic E-state index is 12.2. The van der Waals surface area contributed by atoms with Crippen molar-refractivity contribution >= 4 is 51.5 Å². The minimum atomic E-state index is 0.0228. The predicted octanol–water partition coefficient (Wildman–Crippen LogP) is 5.46. The molecule has 7 heteroatoms. The highest BCUT2D eigenvalue weighted by molar-refractivity contribution is 8.00. The Labute approximate surface area is 164 Å². The second kappa shape index (κ2) is 8.90. The maximum absolute atomic E-state index is 12.2. The molecule has 130 valence electrons. The summed E-state index contributed by atoms with van der Waals surface area (Å²) in [6, 6.07) is 19.3. The third-order valence-electron chi connectivity index (χ3n) is 3.54. The number of thioether (sulfide) groups is 2. The molecule has 0 unspecified atom stereocenters. The van der Waals surface area contributed by atoms with Crippen LogP contribution in [0, 0.1) is 11.3 Å². The fourth-order valence-corrected chi connectivity index (χ4v) is 4.47. The zero-order chi connectivity index (χ0) is 18.4.